The van der Waals surface area contributed by atoms with Crippen LogP contribution in [0.15, 0.2) is 48.7 Å². The molecule has 0 aliphatic heterocycles. The minimum atomic E-state index is 0.465. The summed E-state index contributed by atoms with van der Waals surface area (Å²) in [5.74, 6) is 1.12. The largest absolute Gasteiger partial charge is 0.338 e. The fourth-order valence-corrected chi connectivity index (χ4v) is 2.41. The molecule has 0 bridgehead atoms. The molecule has 116 valence electrons. The van der Waals surface area contributed by atoms with Crippen molar-refractivity contribution in [3.05, 3.63) is 65.4 Å². The summed E-state index contributed by atoms with van der Waals surface area (Å²) in [5.41, 5.74) is 5.49. The molecule has 0 aliphatic carbocycles. The zero-order valence-electron chi connectivity index (χ0n) is 13.5. The average molecular weight is 305 g/mol. The molecular formula is C18H19N5. The zero-order chi connectivity index (χ0) is 16.2. The van der Waals surface area contributed by atoms with Crippen LogP contribution in [0.3, 0.4) is 0 Å². The van der Waals surface area contributed by atoms with Gasteiger partial charge in [0.2, 0.25) is 5.95 Å². The van der Waals surface area contributed by atoms with Gasteiger partial charge in [-0.15, -0.1) is 5.10 Å². The van der Waals surface area contributed by atoms with Crippen LogP contribution in [0.25, 0.3) is 0 Å². The Labute approximate surface area is 135 Å². The van der Waals surface area contributed by atoms with Gasteiger partial charge in [0.25, 0.3) is 0 Å². The van der Waals surface area contributed by atoms with Crippen molar-refractivity contribution in [1.29, 1.82) is 0 Å². The quantitative estimate of drug-likeness (QED) is 0.753. The smallest absolute Gasteiger partial charge is 0.249 e. The summed E-state index contributed by atoms with van der Waals surface area (Å²) < 4.78 is 0. The van der Waals surface area contributed by atoms with E-state index in [0.29, 0.717) is 11.8 Å². The van der Waals surface area contributed by atoms with Crippen LogP contribution >= 0.6 is 0 Å². The molecule has 0 spiro atoms. The Bertz CT molecular complexity index is 809. The Balaban J connectivity index is 1.83. The fraction of sp³-hybridized carbons (Fsp3) is 0.167. The van der Waals surface area contributed by atoms with Crippen LogP contribution in [0, 0.1) is 20.8 Å². The maximum Gasteiger partial charge on any atom is 0.249 e. The van der Waals surface area contributed by atoms with Crippen LogP contribution in [0.2, 0.25) is 0 Å². The number of hydrogen-bond acceptors (Lipinski definition) is 5. The van der Waals surface area contributed by atoms with Crippen molar-refractivity contribution in [2.75, 3.05) is 10.6 Å². The van der Waals surface area contributed by atoms with Crippen molar-refractivity contribution in [2.24, 2.45) is 0 Å². The normalized spacial score (nSPS) is 10.4. The topological polar surface area (TPSA) is 62.7 Å². The lowest BCUT2D eigenvalue weighted by Crippen LogP contribution is -2.04. The molecule has 1 heterocycles. The predicted octanol–water partition coefficient (Wildman–Crippen LogP) is 4.28. The Kier molecular flexibility index (Phi) is 4.19. The second kappa shape index (κ2) is 6.44. The van der Waals surface area contributed by atoms with E-state index in [0.717, 1.165) is 22.5 Å². The Morgan fingerprint density at radius 1 is 0.870 bits per heavy atom. The van der Waals surface area contributed by atoms with Crippen LogP contribution in [-0.2, 0) is 0 Å². The highest BCUT2D eigenvalue weighted by molar-refractivity contribution is 5.65. The van der Waals surface area contributed by atoms with Crippen molar-refractivity contribution >= 4 is 23.1 Å². The number of benzene rings is 2. The number of nitrogens with zero attached hydrogens (tertiary/aromatic N) is 3. The molecular weight excluding hydrogens is 286 g/mol. The first kappa shape index (κ1) is 15.0. The number of nitrogens with one attached hydrogen (secondary N) is 2. The summed E-state index contributed by atoms with van der Waals surface area (Å²) in [4.78, 5) is 4.48. The number of rotatable bonds is 4. The summed E-state index contributed by atoms with van der Waals surface area (Å²) in [6.45, 7) is 6.18. The molecule has 0 aliphatic rings. The van der Waals surface area contributed by atoms with Gasteiger partial charge in [-0.25, -0.2) is 0 Å². The lowest BCUT2D eigenvalue weighted by molar-refractivity contribution is 0.981. The highest BCUT2D eigenvalue weighted by atomic mass is 15.3. The van der Waals surface area contributed by atoms with Crippen LogP contribution in [0.5, 0.6) is 0 Å². The van der Waals surface area contributed by atoms with E-state index in [1.807, 2.05) is 37.3 Å². The molecule has 5 heteroatoms. The van der Waals surface area contributed by atoms with E-state index in [1.54, 1.807) is 6.20 Å². The molecule has 3 aromatic rings. The zero-order valence-corrected chi connectivity index (χ0v) is 13.5. The molecule has 3 rings (SSSR count). The van der Waals surface area contributed by atoms with Crippen molar-refractivity contribution in [1.82, 2.24) is 15.2 Å². The van der Waals surface area contributed by atoms with Gasteiger partial charge in [0.1, 0.15) is 0 Å². The average Bonchev–Trinajstić information content (AvgIpc) is 2.52. The summed E-state index contributed by atoms with van der Waals surface area (Å²) in [6, 6.07) is 14.2. The lowest BCUT2D eigenvalue weighted by Gasteiger charge is -2.12. The Morgan fingerprint density at radius 3 is 2.35 bits per heavy atom. The van der Waals surface area contributed by atoms with E-state index in [4.69, 9.17) is 0 Å². The second-order valence-electron chi connectivity index (χ2n) is 5.55. The second-order valence-corrected chi connectivity index (χ2v) is 5.55. The van der Waals surface area contributed by atoms with Gasteiger partial charge in [0, 0.05) is 11.4 Å². The maximum absolute atomic E-state index is 4.48. The molecule has 0 saturated carbocycles. The number of hydrogen-bond donors (Lipinski definition) is 2. The highest BCUT2D eigenvalue weighted by Gasteiger charge is 2.06. The maximum atomic E-state index is 4.48. The van der Waals surface area contributed by atoms with Crippen molar-refractivity contribution in [3.63, 3.8) is 0 Å². The molecule has 0 unspecified atom stereocenters. The van der Waals surface area contributed by atoms with Crippen LogP contribution in [-0.4, -0.2) is 15.2 Å². The first-order valence-electron chi connectivity index (χ1n) is 7.48. The summed E-state index contributed by atoms with van der Waals surface area (Å²) in [6.07, 6.45) is 1.62. The first-order chi connectivity index (χ1) is 11.1. The van der Waals surface area contributed by atoms with Crippen molar-refractivity contribution in [3.8, 4) is 0 Å². The van der Waals surface area contributed by atoms with E-state index in [1.165, 1.54) is 5.56 Å². The molecule has 0 atom stereocenters. The third kappa shape index (κ3) is 3.63. The summed E-state index contributed by atoms with van der Waals surface area (Å²) in [5, 5.41) is 14.6. The first-order valence-corrected chi connectivity index (χ1v) is 7.48. The number of para-hydroxylation sites is 1. The van der Waals surface area contributed by atoms with Gasteiger partial charge in [0.05, 0.1) is 6.20 Å². The fourth-order valence-electron chi connectivity index (χ4n) is 2.41. The summed E-state index contributed by atoms with van der Waals surface area (Å²) in [7, 11) is 0. The standard InChI is InChI=1S/C18H19N5/c1-12-6-4-9-15(10-12)20-18-22-16(11-19-23-18)21-17-13(2)7-5-8-14(17)3/h4-11H,1-3H3,(H2,20,21,22,23). The van der Waals surface area contributed by atoms with Gasteiger partial charge in [-0.1, -0.05) is 30.3 Å². The SMILES string of the molecule is Cc1cccc(Nc2nncc(Nc3c(C)cccc3C)n2)c1. The molecule has 5 nitrogen and oxygen atoms in total. The number of aryl methyl sites for hydroxylation is 3. The highest BCUT2D eigenvalue weighted by Crippen LogP contribution is 2.23. The molecule has 23 heavy (non-hydrogen) atoms. The third-order valence-electron chi connectivity index (χ3n) is 3.57. The Hall–Kier alpha value is -2.95. The van der Waals surface area contributed by atoms with Crippen LogP contribution in [0.1, 0.15) is 16.7 Å². The molecule has 2 N–H and O–H groups in total. The minimum absolute atomic E-state index is 0.465. The van der Waals surface area contributed by atoms with Gasteiger partial charge in [-0.05, 0) is 49.6 Å². The molecule has 0 fully saturated rings. The van der Waals surface area contributed by atoms with Crippen molar-refractivity contribution < 1.29 is 0 Å². The summed E-state index contributed by atoms with van der Waals surface area (Å²) >= 11 is 0. The predicted molar refractivity (Wildman–Crippen MR) is 93.5 cm³/mol. The number of aromatic nitrogens is 3. The molecule has 1 aromatic heterocycles. The van der Waals surface area contributed by atoms with E-state index >= 15 is 0 Å². The minimum Gasteiger partial charge on any atom is -0.338 e. The monoisotopic (exact) mass is 305 g/mol. The third-order valence-corrected chi connectivity index (χ3v) is 3.57. The van der Waals surface area contributed by atoms with E-state index in [2.05, 4.69) is 51.8 Å². The van der Waals surface area contributed by atoms with Gasteiger partial charge >= 0.3 is 0 Å². The Morgan fingerprint density at radius 2 is 1.61 bits per heavy atom. The van der Waals surface area contributed by atoms with Gasteiger partial charge in [-0.3, -0.25) is 0 Å². The van der Waals surface area contributed by atoms with Gasteiger partial charge < -0.3 is 10.6 Å². The van der Waals surface area contributed by atoms with Crippen LogP contribution in [0.4, 0.5) is 23.1 Å². The van der Waals surface area contributed by atoms with Crippen molar-refractivity contribution in [2.45, 2.75) is 20.8 Å². The molecule has 0 amide bonds. The molecule has 0 radical (unpaired) electrons. The van der Waals surface area contributed by atoms with Gasteiger partial charge in [-0.2, -0.15) is 10.1 Å². The lowest BCUT2D eigenvalue weighted by atomic mass is 10.1. The molecule has 2 aromatic carbocycles. The van der Waals surface area contributed by atoms with E-state index in [9.17, 15) is 0 Å². The van der Waals surface area contributed by atoms with E-state index in [-0.39, 0.29) is 0 Å². The van der Waals surface area contributed by atoms with Crippen LogP contribution < -0.4 is 10.6 Å². The molecule has 0 saturated heterocycles. The number of anilines is 4. The van der Waals surface area contributed by atoms with E-state index < -0.39 is 0 Å². The van der Waals surface area contributed by atoms with Gasteiger partial charge in [0.15, 0.2) is 5.82 Å².